The molecule has 1 aromatic rings. The lowest BCUT2D eigenvalue weighted by molar-refractivity contribution is -0.153. The Labute approximate surface area is 97.8 Å². The van der Waals surface area contributed by atoms with Crippen LogP contribution in [0, 0.1) is 0 Å². The van der Waals surface area contributed by atoms with E-state index in [1.54, 1.807) is 6.20 Å². The van der Waals surface area contributed by atoms with Crippen molar-refractivity contribution in [2.24, 2.45) is 0 Å². The van der Waals surface area contributed by atoms with Crippen molar-refractivity contribution in [1.29, 1.82) is 0 Å². The van der Waals surface area contributed by atoms with E-state index in [2.05, 4.69) is 15.6 Å². The van der Waals surface area contributed by atoms with Crippen LogP contribution in [-0.4, -0.2) is 32.0 Å². The molecule has 7 heteroatoms. The summed E-state index contributed by atoms with van der Waals surface area (Å²) >= 11 is 0. The number of nitrogens with one attached hydrogen (secondary N) is 1. The van der Waals surface area contributed by atoms with E-state index in [-0.39, 0.29) is 12.5 Å². The van der Waals surface area contributed by atoms with Gasteiger partial charge in [0.2, 0.25) is 5.91 Å². The predicted octanol–water partition coefficient (Wildman–Crippen LogP) is -0.122. The summed E-state index contributed by atoms with van der Waals surface area (Å²) in [7, 11) is 0. The van der Waals surface area contributed by atoms with Crippen molar-refractivity contribution in [1.82, 2.24) is 20.3 Å². The Bertz CT molecular complexity index is 450. The molecule has 0 spiro atoms. The van der Waals surface area contributed by atoms with Gasteiger partial charge in [-0.25, -0.2) is 9.48 Å². The fourth-order valence-corrected chi connectivity index (χ4v) is 1.86. The smallest absolute Gasteiger partial charge is 0.331 e. The zero-order valence-corrected chi connectivity index (χ0v) is 9.51. The van der Waals surface area contributed by atoms with Gasteiger partial charge in [-0.3, -0.25) is 4.79 Å². The number of carboxylic acids is 1. The van der Waals surface area contributed by atoms with E-state index in [1.807, 2.05) is 0 Å². The number of hydrogen-bond donors (Lipinski definition) is 2. The Morgan fingerprint density at radius 1 is 1.59 bits per heavy atom. The number of rotatable bonds is 4. The molecule has 0 unspecified atom stereocenters. The topological polar surface area (TPSA) is 97.1 Å². The first-order valence-electron chi connectivity index (χ1n) is 5.44. The largest absolute Gasteiger partial charge is 0.479 e. The molecule has 1 saturated carbocycles. The van der Waals surface area contributed by atoms with E-state index in [1.165, 1.54) is 11.6 Å². The second-order valence-electron chi connectivity index (χ2n) is 4.25. The van der Waals surface area contributed by atoms with Crippen molar-refractivity contribution in [2.45, 2.75) is 38.3 Å². The zero-order chi connectivity index (χ0) is 12.5. The highest BCUT2D eigenvalue weighted by atomic mass is 16.4. The standard InChI is InChI=1S/C10H14N4O3/c1-7(15)11-5-8-6-14(13-12-8)10(9(16)17)3-2-4-10/h6H,2-5H2,1H3,(H,11,15)(H,16,17). The predicted molar refractivity (Wildman–Crippen MR) is 57.0 cm³/mol. The van der Waals surface area contributed by atoms with Crippen molar-refractivity contribution < 1.29 is 14.7 Å². The number of carbonyl (C=O) groups is 2. The molecule has 1 aromatic heterocycles. The van der Waals surface area contributed by atoms with Crippen LogP contribution in [0.1, 0.15) is 31.9 Å². The molecule has 92 valence electrons. The third-order valence-corrected chi connectivity index (χ3v) is 3.08. The van der Waals surface area contributed by atoms with Crippen molar-refractivity contribution in [2.75, 3.05) is 0 Å². The van der Waals surface area contributed by atoms with Crippen molar-refractivity contribution in [3.05, 3.63) is 11.9 Å². The van der Waals surface area contributed by atoms with Crippen LogP contribution < -0.4 is 5.32 Å². The Balaban J connectivity index is 2.12. The molecule has 0 aromatic carbocycles. The Morgan fingerprint density at radius 3 is 2.76 bits per heavy atom. The number of carboxylic acid groups (broad SMARTS) is 1. The quantitative estimate of drug-likeness (QED) is 0.762. The number of aromatic nitrogens is 3. The van der Waals surface area contributed by atoms with Gasteiger partial charge in [-0.05, 0) is 19.3 Å². The fraction of sp³-hybridized carbons (Fsp3) is 0.600. The van der Waals surface area contributed by atoms with E-state index in [4.69, 9.17) is 0 Å². The highest BCUT2D eigenvalue weighted by Crippen LogP contribution is 2.38. The van der Waals surface area contributed by atoms with Gasteiger partial charge in [0.1, 0.15) is 5.69 Å². The summed E-state index contributed by atoms with van der Waals surface area (Å²) in [4.78, 5) is 22.0. The number of nitrogens with zero attached hydrogens (tertiary/aromatic N) is 3. The van der Waals surface area contributed by atoms with E-state index in [9.17, 15) is 14.7 Å². The number of aliphatic carboxylic acids is 1. The minimum Gasteiger partial charge on any atom is -0.479 e. The second kappa shape index (κ2) is 4.15. The highest BCUT2D eigenvalue weighted by molar-refractivity contribution is 5.77. The second-order valence-corrected chi connectivity index (χ2v) is 4.25. The molecule has 1 aliphatic rings. The molecule has 1 fully saturated rings. The van der Waals surface area contributed by atoms with Crippen LogP contribution in [0.5, 0.6) is 0 Å². The van der Waals surface area contributed by atoms with Gasteiger partial charge in [0, 0.05) is 6.92 Å². The van der Waals surface area contributed by atoms with Gasteiger partial charge in [-0.2, -0.15) is 0 Å². The Hall–Kier alpha value is -1.92. The monoisotopic (exact) mass is 238 g/mol. The minimum atomic E-state index is -0.929. The molecular formula is C10H14N4O3. The summed E-state index contributed by atoms with van der Waals surface area (Å²) in [6.45, 7) is 1.68. The Morgan fingerprint density at radius 2 is 2.29 bits per heavy atom. The third-order valence-electron chi connectivity index (χ3n) is 3.08. The first kappa shape index (κ1) is 11.6. The van der Waals surface area contributed by atoms with E-state index in [0.717, 1.165) is 6.42 Å². The van der Waals surface area contributed by atoms with E-state index < -0.39 is 11.5 Å². The number of hydrogen-bond acceptors (Lipinski definition) is 4. The highest BCUT2D eigenvalue weighted by Gasteiger charge is 2.47. The lowest BCUT2D eigenvalue weighted by Crippen LogP contribution is -2.48. The molecule has 2 rings (SSSR count). The first-order valence-corrected chi connectivity index (χ1v) is 5.44. The van der Waals surface area contributed by atoms with Gasteiger partial charge < -0.3 is 10.4 Å². The molecule has 1 aliphatic carbocycles. The fourth-order valence-electron chi connectivity index (χ4n) is 1.86. The molecule has 0 bridgehead atoms. The van der Waals surface area contributed by atoms with Crippen LogP contribution >= 0.6 is 0 Å². The SMILES string of the molecule is CC(=O)NCc1cn(C2(C(=O)O)CCC2)nn1. The van der Waals surface area contributed by atoms with Gasteiger partial charge >= 0.3 is 5.97 Å². The van der Waals surface area contributed by atoms with Crippen LogP contribution in [0.25, 0.3) is 0 Å². The van der Waals surface area contributed by atoms with Gasteiger partial charge in [0.25, 0.3) is 0 Å². The van der Waals surface area contributed by atoms with Gasteiger partial charge in [-0.15, -0.1) is 5.10 Å². The maximum atomic E-state index is 11.2. The summed E-state index contributed by atoms with van der Waals surface area (Å²) < 4.78 is 1.40. The average molecular weight is 238 g/mol. The van der Waals surface area contributed by atoms with Gasteiger partial charge in [0.05, 0.1) is 12.7 Å². The summed E-state index contributed by atoms with van der Waals surface area (Å²) in [5.74, 6) is -1.03. The normalized spacial score (nSPS) is 17.2. The minimum absolute atomic E-state index is 0.156. The van der Waals surface area contributed by atoms with Crippen LogP contribution in [0.3, 0.4) is 0 Å². The van der Waals surface area contributed by atoms with Gasteiger partial charge in [0.15, 0.2) is 5.54 Å². The lowest BCUT2D eigenvalue weighted by Gasteiger charge is -2.36. The molecule has 1 heterocycles. The van der Waals surface area contributed by atoms with E-state index in [0.29, 0.717) is 18.5 Å². The van der Waals surface area contributed by atoms with Crippen molar-refractivity contribution in [3.8, 4) is 0 Å². The molecule has 17 heavy (non-hydrogen) atoms. The van der Waals surface area contributed by atoms with Crippen LogP contribution in [0.15, 0.2) is 6.20 Å². The maximum Gasteiger partial charge on any atom is 0.331 e. The van der Waals surface area contributed by atoms with E-state index >= 15 is 0 Å². The number of amides is 1. The van der Waals surface area contributed by atoms with Gasteiger partial charge in [-0.1, -0.05) is 5.21 Å². The molecule has 0 saturated heterocycles. The average Bonchev–Trinajstić information content (AvgIpc) is 2.61. The maximum absolute atomic E-state index is 11.2. The molecule has 0 atom stereocenters. The summed E-state index contributed by atoms with van der Waals surface area (Å²) in [5, 5.41) is 19.5. The molecule has 2 N–H and O–H groups in total. The van der Waals surface area contributed by atoms with Crippen molar-refractivity contribution in [3.63, 3.8) is 0 Å². The third kappa shape index (κ3) is 2.00. The zero-order valence-electron chi connectivity index (χ0n) is 9.51. The first-order chi connectivity index (χ1) is 8.04. The van der Waals surface area contributed by atoms with Crippen LogP contribution in [0.4, 0.5) is 0 Å². The molecule has 0 aliphatic heterocycles. The summed E-state index contributed by atoms with van der Waals surface area (Å²) in [5.41, 5.74) is -0.366. The van der Waals surface area contributed by atoms with Crippen molar-refractivity contribution >= 4 is 11.9 Å². The summed E-state index contributed by atoms with van der Waals surface area (Å²) in [6.07, 6.45) is 3.62. The van der Waals surface area contributed by atoms with Crippen LogP contribution in [-0.2, 0) is 21.7 Å². The molecule has 0 radical (unpaired) electrons. The van der Waals surface area contributed by atoms with Crippen LogP contribution in [0.2, 0.25) is 0 Å². The number of carbonyl (C=O) groups excluding carboxylic acids is 1. The molecule has 1 amide bonds. The summed E-state index contributed by atoms with van der Waals surface area (Å²) in [6, 6.07) is 0. The lowest BCUT2D eigenvalue weighted by atomic mass is 9.77. The Kier molecular flexibility index (Phi) is 2.83. The molecule has 7 nitrogen and oxygen atoms in total. The molecular weight excluding hydrogens is 224 g/mol.